The summed E-state index contributed by atoms with van der Waals surface area (Å²) in [6, 6.07) is 1.25. The van der Waals surface area contributed by atoms with E-state index in [4.69, 9.17) is 10.2 Å². The second-order valence-electron chi connectivity index (χ2n) is 1.71. The van der Waals surface area contributed by atoms with Gasteiger partial charge in [-0.05, 0) is 0 Å². The van der Waals surface area contributed by atoms with Crippen LogP contribution in [-0.4, -0.2) is 21.4 Å². The van der Waals surface area contributed by atoms with E-state index in [0.29, 0.717) is 0 Å². The summed E-state index contributed by atoms with van der Waals surface area (Å²) < 4.78 is 4.17. The van der Waals surface area contributed by atoms with Gasteiger partial charge in [0.25, 0.3) is 0 Å². The van der Waals surface area contributed by atoms with Crippen LogP contribution in [0, 0.1) is 0 Å². The van der Waals surface area contributed by atoms with Gasteiger partial charge >= 0.3 is 6.16 Å². The van der Waals surface area contributed by atoms with Crippen molar-refractivity contribution < 1.29 is 19.7 Å². The Balaban J connectivity index is 2.86. The summed E-state index contributed by atoms with van der Waals surface area (Å²) in [6.07, 6.45) is 0.947. The molecule has 0 unspecified atom stereocenters. The van der Waals surface area contributed by atoms with Gasteiger partial charge in [0.2, 0.25) is 0 Å². The highest BCUT2D eigenvalue weighted by molar-refractivity contribution is 5.62. The quantitative estimate of drug-likeness (QED) is 0.587. The highest BCUT2D eigenvalue weighted by atomic mass is 16.7. The smallest absolute Gasteiger partial charge is 0.503 e. The van der Waals surface area contributed by atoms with Crippen LogP contribution in [0.25, 0.3) is 0 Å². The lowest BCUT2D eigenvalue weighted by Gasteiger charge is -1.99. The SMILES string of the molecule is O=C(O)Oc1ccncc1O. The van der Waals surface area contributed by atoms with Gasteiger partial charge in [0.05, 0.1) is 6.20 Å². The molecule has 1 rings (SSSR count). The van der Waals surface area contributed by atoms with Crippen LogP contribution in [0.4, 0.5) is 4.79 Å². The van der Waals surface area contributed by atoms with Crippen LogP contribution in [0.1, 0.15) is 0 Å². The molecule has 1 aromatic rings. The third kappa shape index (κ3) is 1.82. The summed E-state index contributed by atoms with van der Waals surface area (Å²) in [5, 5.41) is 17.0. The van der Waals surface area contributed by atoms with Crippen LogP contribution < -0.4 is 4.74 Å². The van der Waals surface area contributed by atoms with E-state index in [1.54, 1.807) is 0 Å². The van der Waals surface area contributed by atoms with Crippen molar-refractivity contribution in [1.82, 2.24) is 4.98 Å². The van der Waals surface area contributed by atoms with E-state index in [-0.39, 0.29) is 11.5 Å². The maximum atomic E-state index is 9.97. The number of hydrogen-bond acceptors (Lipinski definition) is 4. The Kier molecular flexibility index (Phi) is 1.91. The monoisotopic (exact) mass is 155 g/mol. The summed E-state index contributed by atoms with van der Waals surface area (Å²) in [5.41, 5.74) is 0. The summed E-state index contributed by atoms with van der Waals surface area (Å²) in [4.78, 5) is 13.5. The average molecular weight is 155 g/mol. The Morgan fingerprint density at radius 2 is 2.36 bits per heavy atom. The fourth-order valence-corrected chi connectivity index (χ4v) is 0.554. The molecule has 0 spiro atoms. The molecule has 5 nitrogen and oxygen atoms in total. The molecule has 0 fully saturated rings. The number of ether oxygens (including phenoxy) is 1. The Morgan fingerprint density at radius 1 is 1.64 bits per heavy atom. The van der Waals surface area contributed by atoms with Crippen molar-refractivity contribution in [3.63, 3.8) is 0 Å². The molecule has 0 aliphatic heterocycles. The highest BCUT2D eigenvalue weighted by Gasteiger charge is 2.04. The molecular formula is C6H5NO4. The molecule has 0 radical (unpaired) electrons. The maximum Gasteiger partial charge on any atom is 0.511 e. The van der Waals surface area contributed by atoms with E-state index in [2.05, 4.69) is 9.72 Å². The predicted octanol–water partition coefficient (Wildman–Crippen LogP) is 0.844. The molecule has 0 amide bonds. The molecule has 1 heterocycles. The normalized spacial score (nSPS) is 9.09. The number of hydrogen-bond donors (Lipinski definition) is 2. The lowest BCUT2D eigenvalue weighted by atomic mass is 10.4. The number of pyridine rings is 1. The maximum absolute atomic E-state index is 9.97. The molecule has 0 saturated carbocycles. The standard InChI is InChI=1S/C6H5NO4/c8-4-3-7-2-1-5(4)11-6(9)10/h1-3,8H,(H,9,10). The number of aromatic nitrogens is 1. The molecule has 58 valence electrons. The molecule has 1 aromatic heterocycles. The minimum absolute atomic E-state index is 0.118. The number of aromatic hydroxyl groups is 1. The number of nitrogens with zero attached hydrogens (tertiary/aromatic N) is 1. The van der Waals surface area contributed by atoms with Gasteiger partial charge in [-0.1, -0.05) is 0 Å². The van der Waals surface area contributed by atoms with E-state index >= 15 is 0 Å². The van der Waals surface area contributed by atoms with Crippen LogP contribution in [0.3, 0.4) is 0 Å². The molecule has 0 saturated heterocycles. The molecule has 5 heteroatoms. The van der Waals surface area contributed by atoms with Crippen molar-refractivity contribution >= 4 is 6.16 Å². The molecule has 0 aliphatic carbocycles. The first-order valence-electron chi connectivity index (χ1n) is 2.74. The van der Waals surface area contributed by atoms with Crippen molar-refractivity contribution in [1.29, 1.82) is 0 Å². The zero-order chi connectivity index (χ0) is 8.27. The van der Waals surface area contributed by atoms with Gasteiger partial charge in [-0.3, -0.25) is 4.98 Å². The number of carboxylic acid groups (broad SMARTS) is 1. The average Bonchev–Trinajstić information content (AvgIpc) is 1.93. The topological polar surface area (TPSA) is 79.7 Å². The van der Waals surface area contributed by atoms with E-state index in [0.717, 1.165) is 6.20 Å². The van der Waals surface area contributed by atoms with Crippen LogP contribution >= 0.6 is 0 Å². The van der Waals surface area contributed by atoms with Crippen molar-refractivity contribution in [3.05, 3.63) is 18.5 Å². The van der Waals surface area contributed by atoms with Crippen LogP contribution in [0.15, 0.2) is 18.5 Å². The minimum atomic E-state index is -1.47. The molecule has 0 bridgehead atoms. The van der Waals surface area contributed by atoms with E-state index in [1.165, 1.54) is 12.3 Å². The molecule has 0 aliphatic rings. The predicted molar refractivity (Wildman–Crippen MR) is 34.6 cm³/mol. The van der Waals surface area contributed by atoms with Gasteiger partial charge in [-0.25, -0.2) is 4.79 Å². The Morgan fingerprint density at radius 3 is 2.91 bits per heavy atom. The molecule has 0 atom stereocenters. The van der Waals surface area contributed by atoms with Crippen LogP contribution in [0.2, 0.25) is 0 Å². The summed E-state index contributed by atoms with van der Waals surface area (Å²) in [7, 11) is 0. The largest absolute Gasteiger partial charge is 0.511 e. The lowest BCUT2D eigenvalue weighted by molar-refractivity contribution is 0.143. The highest BCUT2D eigenvalue weighted by Crippen LogP contribution is 2.22. The van der Waals surface area contributed by atoms with Crippen LogP contribution in [0.5, 0.6) is 11.5 Å². The van der Waals surface area contributed by atoms with Crippen LogP contribution in [-0.2, 0) is 0 Å². The number of carbonyl (C=O) groups is 1. The molecular weight excluding hydrogens is 150 g/mol. The van der Waals surface area contributed by atoms with Gasteiger partial charge in [0.15, 0.2) is 11.5 Å². The Bertz CT molecular complexity index is 273. The van der Waals surface area contributed by atoms with Gasteiger partial charge in [-0.2, -0.15) is 0 Å². The summed E-state index contributed by atoms with van der Waals surface area (Å²) in [5.74, 6) is -0.414. The second kappa shape index (κ2) is 2.87. The molecule has 0 aromatic carbocycles. The van der Waals surface area contributed by atoms with Crippen molar-refractivity contribution in [2.75, 3.05) is 0 Å². The second-order valence-corrected chi connectivity index (χ2v) is 1.71. The van der Waals surface area contributed by atoms with Gasteiger partial charge in [0.1, 0.15) is 0 Å². The van der Waals surface area contributed by atoms with Crippen molar-refractivity contribution in [3.8, 4) is 11.5 Å². The molecule has 2 N–H and O–H groups in total. The fraction of sp³-hybridized carbons (Fsp3) is 0. The third-order valence-corrected chi connectivity index (χ3v) is 0.959. The van der Waals surface area contributed by atoms with Gasteiger partial charge in [-0.15, -0.1) is 0 Å². The van der Waals surface area contributed by atoms with Gasteiger partial charge < -0.3 is 14.9 Å². The van der Waals surface area contributed by atoms with E-state index in [1.807, 2.05) is 0 Å². The van der Waals surface area contributed by atoms with Gasteiger partial charge in [0, 0.05) is 12.3 Å². The summed E-state index contributed by atoms with van der Waals surface area (Å²) >= 11 is 0. The Hall–Kier alpha value is -1.78. The van der Waals surface area contributed by atoms with E-state index in [9.17, 15) is 4.79 Å². The molecule has 11 heavy (non-hydrogen) atoms. The lowest BCUT2D eigenvalue weighted by Crippen LogP contribution is -2.02. The first kappa shape index (κ1) is 7.33. The van der Waals surface area contributed by atoms with E-state index < -0.39 is 6.16 Å². The number of rotatable bonds is 1. The zero-order valence-electron chi connectivity index (χ0n) is 5.39. The third-order valence-electron chi connectivity index (χ3n) is 0.959. The van der Waals surface area contributed by atoms with Crippen molar-refractivity contribution in [2.45, 2.75) is 0 Å². The van der Waals surface area contributed by atoms with Crippen molar-refractivity contribution in [2.24, 2.45) is 0 Å². The first-order chi connectivity index (χ1) is 5.20. The first-order valence-corrected chi connectivity index (χ1v) is 2.74. The Labute approximate surface area is 61.9 Å². The minimum Gasteiger partial charge on any atom is -0.503 e. The summed E-state index contributed by atoms with van der Waals surface area (Å²) in [6.45, 7) is 0. The fourth-order valence-electron chi connectivity index (χ4n) is 0.554. The zero-order valence-corrected chi connectivity index (χ0v) is 5.39.